The minimum absolute atomic E-state index is 0.127. The average Bonchev–Trinajstić information content (AvgIpc) is 2.75. The van der Waals surface area contributed by atoms with Crippen molar-refractivity contribution < 1.29 is 9.90 Å². The van der Waals surface area contributed by atoms with Crippen LogP contribution >= 0.6 is 0 Å². The molecule has 0 aliphatic heterocycles. The van der Waals surface area contributed by atoms with Crippen molar-refractivity contribution in [3.05, 3.63) is 0 Å². The van der Waals surface area contributed by atoms with Crippen LogP contribution < -0.4 is 5.73 Å². The van der Waals surface area contributed by atoms with E-state index in [1.807, 2.05) is 0 Å². The zero-order valence-corrected chi connectivity index (χ0v) is 22.1. The number of rotatable bonds is 26. The molecule has 3 heteroatoms. The second-order valence-corrected chi connectivity index (χ2v) is 10.5. The maximum absolute atomic E-state index is 11.3. The van der Waals surface area contributed by atoms with E-state index in [2.05, 4.69) is 13.8 Å². The van der Waals surface area contributed by atoms with Crippen molar-refractivity contribution in [3.8, 4) is 0 Å². The number of carbonyl (C=O) groups is 1. The molecule has 0 saturated heterocycles. The van der Waals surface area contributed by atoms with Crippen LogP contribution in [0.15, 0.2) is 0 Å². The van der Waals surface area contributed by atoms with Crippen LogP contribution in [0.25, 0.3) is 0 Å². The normalized spacial score (nSPS) is 13.3. The fourth-order valence-corrected chi connectivity index (χ4v) is 4.89. The maximum Gasteiger partial charge on any atom is 0.305 e. The molecule has 3 N–H and O–H groups in total. The standard InChI is InChI=1S/C29H59NO2/c1-3-5-7-9-11-13-15-16-18-20-22-24-26-29(30,27-28(31)32)25-23-21-19-17-14-12-10-8-6-4-2/h3-27,30H2,1-2H3,(H,31,32). The van der Waals surface area contributed by atoms with Gasteiger partial charge in [-0.1, -0.05) is 155 Å². The Bertz CT molecular complexity index is 399. The van der Waals surface area contributed by atoms with E-state index in [0.717, 1.165) is 25.7 Å². The van der Waals surface area contributed by atoms with E-state index < -0.39 is 11.5 Å². The van der Waals surface area contributed by atoms with Crippen LogP contribution in [0.2, 0.25) is 0 Å². The molecule has 3 nitrogen and oxygen atoms in total. The Morgan fingerprint density at radius 1 is 0.531 bits per heavy atom. The molecule has 0 heterocycles. The number of nitrogens with two attached hydrogens (primary N) is 1. The number of hydrogen-bond acceptors (Lipinski definition) is 2. The van der Waals surface area contributed by atoms with E-state index in [9.17, 15) is 9.90 Å². The molecule has 0 aromatic carbocycles. The molecule has 0 spiro atoms. The molecule has 0 radical (unpaired) electrons. The van der Waals surface area contributed by atoms with Gasteiger partial charge in [-0.05, 0) is 12.8 Å². The van der Waals surface area contributed by atoms with Crippen LogP contribution in [-0.2, 0) is 4.79 Å². The summed E-state index contributed by atoms with van der Waals surface area (Å²) < 4.78 is 0. The predicted octanol–water partition coefficient (Wildman–Crippen LogP) is 9.56. The van der Waals surface area contributed by atoms with Crippen LogP contribution in [0.3, 0.4) is 0 Å². The number of carboxylic acid groups (broad SMARTS) is 1. The Morgan fingerprint density at radius 2 is 0.781 bits per heavy atom. The van der Waals surface area contributed by atoms with E-state index in [0.29, 0.717) is 0 Å². The van der Waals surface area contributed by atoms with Gasteiger partial charge in [-0.15, -0.1) is 0 Å². The molecule has 192 valence electrons. The van der Waals surface area contributed by atoms with Crippen molar-refractivity contribution in [2.75, 3.05) is 0 Å². The lowest BCUT2D eigenvalue weighted by atomic mass is 9.84. The second-order valence-electron chi connectivity index (χ2n) is 10.5. The number of carboxylic acids is 1. The van der Waals surface area contributed by atoms with E-state index in [1.165, 1.54) is 128 Å². The van der Waals surface area contributed by atoms with Crippen molar-refractivity contribution in [1.82, 2.24) is 0 Å². The molecule has 1 unspecified atom stereocenters. The summed E-state index contributed by atoms with van der Waals surface area (Å²) in [5.41, 5.74) is 6.06. The average molecular weight is 454 g/mol. The van der Waals surface area contributed by atoms with Crippen LogP contribution in [0.1, 0.15) is 174 Å². The Labute approximate surface area is 201 Å². The minimum Gasteiger partial charge on any atom is -0.481 e. The number of unbranched alkanes of at least 4 members (excludes halogenated alkanes) is 20. The third kappa shape index (κ3) is 22.6. The van der Waals surface area contributed by atoms with Crippen molar-refractivity contribution >= 4 is 5.97 Å². The molecule has 0 aromatic heterocycles. The van der Waals surface area contributed by atoms with Gasteiger partial charge in [0, 0.05) is 5.54 Å². The van der Waals surface area contributed by atoms with Gasteiger partial charge in [0.15, 0.2) is 0 Å². The van der Waals surface area contributed by atoms with Gasteiger partial charge in [-0.2, -0.15) is 0 Å². The lowest BCUT2D eigenvalue weighted by molar-refractivity contribution is -0.138. The summed E-state index contributed by atoms with van der Waals surface area (Å²) in [5.74, 6) is -0.737. The Morgan fingerprint density at radius 3 is 1.03 bits per heavy atom. The first-order chi connectivity index (χ1) is 15.5. The molecule has 1 atom stereocenters. The highest BCUT2D eigenvalue weighted by atomic mass is 16.4. The van der Waals surface area contributed by atoms with Gasteiger partial charge in [0.1, 0.15) is 0 Å². The predicted molar refractivity (Wildman–Crippen MR) is 141 cm³/mol. The Hall–Kier alpha value is -0.570. The van der Waals surface area contributed by atoms with Gasteiger partial charge in [-0.3, -0.25) is 4.79 Å². The van der Waals surface area contributed by atoms with Gasteiger partial charge < -0.3 is 10.8 Å². The van der Waals surface area contributed by atoms with E-state index >= 15 is 0 Å². The smallest absolute Gasteiger partial charge is 0.305 e. The van der Waals surface area contributed by atoms with E-state index in [-0.39, 0.29) is 6.42 Å². The fraction of sp³-hybridized carbons (Fsp3) is 0.966. The highest BCUT2D eigenvalue weighted by Crippen LogP contribution is 2.25. The topological polar surface area (TPSA) is 63.3 Å². The first-order valence-corrected chi connectivity index (χ1v) is 14.5. The van der Waals surface area contributed by atoms with Gasteiger partial charge in [-0.25, -0.2) is 0 Å². The molecule has 0 fully saturated rings. The summed E-state index contributed by atoms with van der Waals surface area (Å²) in [6, 6.07) is 0. The van der Waals surface area contributed by atoms with Crippen LogP contribution in [0.5, 0.6) is 0 Å². The molecule has 0 bridgehead atoms. The molecule has 0 aliphatic rings. The first-order valence-electron chi connectivity index (χ1n) is 14.5. The fourth-order valence-electron chi connectivity index (χ4n) is 4.89. The first kappa shape index (κ1) is 31.4. The zero-order chi connectivity index (χ0) is 23.8. The monoisotopic (exact) mass is 453 g/mol. The molecular weight excluding hydrogens is 394 g/mol. The van der Waals surface area contributed by atoms with Gasteiger partial charge in [0.2, 0.25) is 0 Å². The van der Waals surface area contributed by atoms with Gasteiger partial charge in [0.05, 0.1) is 6.42 Å². The second kappa shape index (κ2) is 23.6. The van der Waals surface area contributed by atoms with Crippen LogP contribution in [-0.4, -0.2) is 16.6 Å². The quantitative estimate of drug-likeness (QED) is 0.128. The minimum atomic E-state index is -0.737. The lowest BCUT2D eigenvalue weighted by Gasteiger charge is -2.28. The molecule has 32 heavy (non-hydrogen) atoms. The summed E-state index contributed by atoms with van der Waals surface area (Å²) in [7, 11) is 0. The van der Waals surface area contributed by atoms with Crippen molar-refractivity contribution in [2.24, 2.45) is 5.73 Å². The SMILES string of the molecule is CCCCCCCCCCCCCCC(N)(CCCCCCCCCCCC)CC(=O)O. The van der Waals surface area contributed by atoms with Crippen LogP contribution in [0, 0.1) is 0 Å². The summed E-state index contributed by atoms with van der Waals surface area (Å²) in [6.07, 6.45) is 30.9. The Kier molecular flexibility index (Phi) is 23.2. The molecular formula is C29H59NO2. The summed E-state index contributed by atoms with van der Waals surface area (Å²) in [5, 5.41) is 9.32. The van der Waals surface area contributed by atoms with Crippen molar-refractivity contribution in [2.45, 2.75) is 180 Å². The van der Waals surface area contributed by atoms with E-state index in [1.54, 1.807) is 0 Å². The molecule has 0 aliphatic carbocycles. The van der Waals surface area contributed by atoms with Gasteiger partial charge >= 0.3 is 5.97 Å². The summed E-state index contributed by atoms with van der Waals surface area (Å²) in [6.45, 7) is 4.54. The number of aliphatic carboxylic acids is 1. The third-order valence-corrected chi connectivity index (χ3v) is 7.06. The van der Waals surface area contributed by atoms with E-state index in [4.69, 9.17) is 5.73 Å². The molecule has 0 saturated carbocycles. The molecule has 0 rings (SSSR count). The summed E-state index contributed by atoms with van der Waals surface area (Å²) in [4.78, 5) is 11.3. The number of hydrogen-bond donors (Lipinski definition) is 2. The van der Waals surface area contributed by atoms with Crippen molar-refractivity contribution in [1.29, 1.82) is 0 Å². The van der Waals surface area contributed by atoms with Gasteiger partial charge in [0.25, 0.3) is 0 Å². The maximum atomic E-state index is 11.3. The Balaban J connectivity index is 3.72. The summed E-state index contributed by atoms with van der Waals surface area (Å²) >= 11 is 0. The van der Waals surface area contributed by atoms with Crippen molar-refractivity contribution in [3.63, 3.8) is 0 Å². The molecule has 0 aromatic rings. The highest BCUT2D eigenvalue weighted by molar-refractivity contribution is 5.68. The van der Waals surface area contributed by atoms with Crippen LogP contribution in [0.4, 0.5) is 0 Å². The zero-order valence-electron chi connectivity index (χ0n) is 22.1. The third-order valence-electron chi connectivity index (χ3n) is 7.06. The molecule has 0 amide bonds. The lowest BCUT2D eigenvalue weighted by Crippen LogP contribution is -2.42. The largest absolute Gasteiger partial charge is 0.481 e. The highest BCUT2D eigenvalue weighted by Gasteiger charge is 2.27.